The molecule has 1 N–H and O–H groups in total. The van der Waals surface area contributed by atoms with Crippen molar-refractivity contribution >= 4 is 27.3 Å². The lowest BCUT2D eigenvalue weighted by Gasteiger charge is -2.12. The molecule has 0 atom stereocenters. The molecule has 2 heterocycles. The molecule has 24 heavy (non-hydrogen) atoms. The summed E-state index contributed by atoms with van der Waals surface area (Å²) in [6.07, 6.45) is -2.84. The van der Waals surface area contributed by atoms with Crippen molar-refractivity contribution in [3.8, 4) is 0 Å². The molecule has 0 amide bonds. The molecule has 0 aliphatic carbocycles. The summed E-state index contributed by atoms with van der Waals surface area (Å²) >= 11 is 2.89. The number of pyridine rings is 1. The second kappa shape index (κ2) is 6.27. The highest BCUT2D eigenvalue weighted by Gasteiger charge is 2.33. The average molecular weight is 398 g/mol. The van der Waals surface area contributed by atoms with Crippen LogP contribution in [0.1, 0.15) is 11.3 Å². The van der Waals surface area contributed by atoms with Gasteiger partial charge in [0.2, 0.25) is 0 Å². The van der Waals surface area contributed by atoms with E-state index in [1.165, 1.54) is 22.6 Å². The maximum Gasteiger partial charge on any atom is 0.417 e. The molecule has 2 aromatic heterocycles. The number of anilines is 1. The van der Waals surface area contributed by atoms with Crippen LogP contribution in [-0.4, -0.2) is 9.38 Å². The standard InChI is InChI=1S/C16H11BrF3N3O/c17-13-5-4-10(7-12(13)16(18,19)20)21-9-11-8-15(24)23-6-2-1-3-14(23)22-11/h1-8,21H,9H2. The van der Waals surface area contributed by atoms with Gasteiger partial charge in [-0.2, -0.15) is 13.2 Å². The van der Waals surface area contributed by atoms with Crippen molar-refractivity contribution in [1.29, 1.82) is 0 Å². The fraction of sp³-hybridized carbons (Fsp3) is 0.125. The van der Waals surface area contributed by atoms with Gasteiger partial charge in [-0.25, -0.2) is 4.98 Å². The number of halogens is 4. The van der Waals surface area contributed by atoms with Gasteiger partial charge < -0.3 is 5.32 Å². The van der Waals surface area contributed by atoms with Gasteiger partial charge in [-0.3, -0.25) is 9.20 Å². The van der Waals surface area contributed by atoms with E-state index in [9.17, 15) is 18.0 Å². The molecule has 0 unspecified atom stereocenters. The summed E-state index contributed by atoms with van der Waals surface area (Å²) in [5.74, 6) is 0. The van der Waals surface area contributed by atoms with Crippen molar-refractivity contribution in [3.63, 3.8) is 0 Å². The van der Waals surface area contributed by atoms with Crippen molar-refractivity contribution < 1.29 is 13.2 Å². The Morgan fingerprint density at radius 2 is 1.96 bits per heavy atom. The van der Waals surface area contributed by atoms with Crippen LogP contribution in [0.3, 0.4) is 0 Å². The Bertz CT molecular complexity index is 953. The Balaban J connectivity index is 1.85. The van der Waals surface area contributed by atoms with Crippen molar-refractivity contribution in [2.24, 2.45) is 0 Å². The van der Waals surface area contributed by atoms with Gasteiger partial charge in [-0.05, 0) is 30.3 Å². The highest BCUT2D eigenvalue weighted by molar-refractivity contribution is 9.10. The van der Waals surface area contributed by atoms with Crippen LogP contribution in [0.15, 0.2) is 57.9 Å². The van der Waals surface area contributed by atoms with Crippen LogP contribution < -0.4 is 10.9 Å². The van der Waals surface area contributed by atoms with Crippen molar-refractivity contribution in [3.05, 3.63) is 74.7 Å². The second-order valence-corrected chi connectivity index (χ2v) is 5.91. The Hall–Kier alpha value is -2.35. The summed E-state index contributed by atoms with van der Waals surface area (Å²) in [7, 11) is 0. The van der Waals surface area contributed by atoms with Crippen LogP contribution in [0.25, 0.3) is 5.65 Å². The highest BCUT2D eigenvalue weighted by atomic mass is 79.9. The topological polar surface area (TPSA) is 46.4 Å². The molecule has 124 valence electrons. The molecule has 8 heteroatoms. The fourth-order valence-electron chi connectivity index (χ4n) is 2.24. The highest BCUT2D eigenvalue weighted by Crippen LogP contribution is 2.36. The average Bonchev–Trinajstić information content (AvgIpc) is 2.53. The number of fused-ring (bicyclic) bond motifs is 1. The van der Waals surface area contributed by atoms with Gasteiger partial charge in [-0.1, -0.05) is 22.0 Å². The molecule has 0 saturated carbocycles. The zero-order chi connectivity index (χ0) is 17.3. The summed E-state index contributed by atoms with van der Waals surface area (Å²) < 4.78 is 40.1. The quantitative estimate of drug-likeness (QED) is 0.723. The van der Waals surface area contributed by atoms with E-state index < -0.39 is 11.7 Å². The molecule has 0 radical (unpaired) electrons. The maximum absolute atomic E-state index is 12.9. The number of alkyl halides is 3. The number of rotatable bonds is 3. The lowest BCUT2D eigenvalue weighted by Crippen LogP contribution is -2.16. The lowest BCUT2D eigenvalue weighted by atomic mass is 10.2. The number of hydrogen-bond acceptors (Lipinski definition) is 3. The van der Waals surface area contributed by atoms with E-state index in [1.807, 2.05) is 0 Å². The van der Waals surface area contributed by atoms with Gasteiger partial charge in [0.15, 0.2) is 0 Å². The fourth-order valence-corrected chi connectivity index (χ4v) is 2.71. The van der Waals surface area contributed by atoms with Crippen molar-refractivity contribution in [2.45, 2.75) is 12.7 Å². The first-order chi connectivity index (χ1) is 11.3. The van der Waals surface area contributed by atoms with Gasteiger partial charge in [-0.15, -0.1) is 0 Å². The Morgan fingerprint density at radius 3 is 2.71 bits per heavy atom. The first-order valence-electron chi connectivity index (χ1n) is 6.92. The first-order valence-corrected chi connectivity index (χ1v) is 7.72. The van der Waals surface area contributed by atoms with Crippen LogP contribution in [-0.2, 0) is 12.7 Å². The van der Waals surface area contributed by atoms with E-state index in [1.54, 1.807) is 24.4 Å². The van der Waals surface area contributed by atoms with Gasteiger partial charge in [0.25, 0.3) is 5.56 Å². The van der Waals surface area contributed by atoms with Crippen LogP contribution >= 0.6 is 15.9 Å². The van der Waals surface area contributed by atoms with E-state index >= 15 is 0 Å². The number of nitrogens with zero attached hydrogens (tertiary/aromatic N) is 2. The van der Waals surface area contributed by atoms with Crippen molar-refractivity contribution in [2.75, 3.05) is 5.32 Å². The van der Waals surface area contributed by atoms with Crippen LogP contribution in [0.5, 0.6) is 0 Å². The van der Waals surface area contributed by atoms with Crippen LogP contribution in [0.4, 0.5) is 18.9 Å². The second-order valence-electron chi connectivity index (χ2n) is 5.06. The summed E-state index contributed by atoms with van der Waals surface area (Å²) in [5, 5.41) is 2.86. The third kappa shape index (κ3) is 3.43. The number of benzene rings is 1. The van der Waals surface area contributed by atoms with E-state index in [4.69, 9.17) is 0 Å². The molecule has 0 spiro atoms. The summed E-state index contributed by atoms with van der Waals surface area (Å²) in [5.41, 5.74) is 0.208. The zero-order valence-corrected chi connectivity index (χ0v) is 13.7. The van der Waals surface area contributed by atoms with E-state index in [0.29, 0.717) is 17.0 Å². The summed E-state index contributed by atoms with van der Waals surface area (Å²) in [6, 6.07) is 10.4. The lowest BCUT2D eigenvalue weighted by molar-refractivity contribution is -0.138. The van der Waals surface area contributed by atoms with Gasteiger partial charge in [0.1, 0.15) is 5.65 Å². The van der Waals surface area contributed by atoms with E-state index in [0.717, 1.165) is 6.07 Å². The largest absolute Gasteiger partial charge is 0.417 e. The Morgan fingerprint density at radius 1 is 1.17 bits per heavy atom. The summed E-state index contributed by atoms with van der Waals surface area (Å²) in [6.45, 7) is 0.138. The molecule has 0 aliphatic heterocycles. The van der Waals surface area contributed by atoms with E-state index in [2.05, 4.69) is 26.2 Å². The zero-order valence-electron chi connectivity index (χ0n) is 12.1. The smallest absolute Gasteiger partial charge is 0.379 e. The number of nitrogens with one attached hydrogen (secondary N) is 1. The SMILES string of the molecule is O=c1cc(CNc2ccc(Br)c(C(F)(F)F)c2)nc2ccccn12. The predicted molar refractivity (Wildman–Crippen MR) is 87.9 cm³/mol. The predicted octanol–water partition coefficient (Wildman–Crippen LogP) is 4.09. The molecule has 4 nitrogen and oxygen atoms in total. The van der Waals surface area contributed by atoms with Crippen molar-refractivity contribution in [1.82, 2.24) is 9.38 Å². The van der Waals surface area contributed by atoms with Gasteiger partial charge >= 0.3 is 6.18 Å². The third-order valence-electron chi connectivity index (χ3n) is 3.37. The van der Waals surface area contributed by atoms with Crippen LogP contribution in [0, 0.1) is 0 Å². The van der Waals surface area contributed by atoms with Gasteiger partial charge in [0, 0.05) is 22.4 Å². The molecular weight excluding hydrogens is 387 g/mol. The molecule has 0 aliphatic rings. The maximum atomic E-state index is 12.9. The molecule has 0 saturated heterocycles. The number of aromatic nitrogens is 2. The number of hydrogen-bond donors (Lipinski definition) is 1. The molecule has 0 fully saturated rings. The minimum absolute atomic E-state index is 0.0253. The molecular formula is C16H11BrF3N3O. The minimum Gasteiger partial charge on any atom is -0.379 e. The van der Waals surface area contributed by atoms with Gasteiger partial charge in [0.05, 0.1) is 17.8 Å². The monoisotopic (exact) mass is 397 g/mol. The Labute approximate surface area is 143 Å². The first kappa shape index (κ1) is 16.5. The minimum atomic E-state index is -4.45. The van der Waals surface area contributed by atoms with E-state index in [-0.39, 0.29) is 16.6 Å². The molecule has 3 rings (SSSR count). The molecule has 1 aromatic carbocycles. The normalized spacial score (nSPS) is 11.7. The third-order valence-corrected chi connectivity index (χ3v) is 4.06. The molecule has 3 aromatic rings. The Kier molecular flexibility index (Phi) is 4.31. The molecule has 0 bridgehead atoms. The van der Waals surface area contributed by atoms with Crippen LogP contribution in [0.2, 0.25) is 0 Å². The summed E-state index contributed by atoms with van der Waals surface area (Å²) in [4.78, 5) is 16.3.